The smallest absolute Gasteiger partial charge is 0.237 e. The number of hydrogen-bond donors (Lipinski definition) is 1. The van der Waals surface area contributed by atoms with Crippen molar-refractivity contribution in [2.24, 2.45) is 0 Å². The van der Waals surface area contributed by atoms with E-state index in [0.717, 1.165) is 39.2 Å². The fourth-order valence-electron chi connectivity index (χ4n) is 3.61. The number of nitriles is 1. The summed E-state index contributed by atoms with van der Waals surface area (Å²) in [6, 6.07) is 27.4. The molecule has 174 valence electrons. The lowest BCUT2D eigenvalue weighted by Gasteiger charge is -2.16. The van der Waals surface area contributed by atoms with Crippen molar-refractivity contribution >= 4 is 35.0 Å². The highest BCUT2D eigenvalue weighted by molar-refractivity contribution is 8.00. The Hall–Kier alpha value is -3.59. The number of anilines is 1. The molecule has 4 rings (SSSR count). The standard InChI is InChI=1S/C29H24ClN3OS/c1-18-8-10-22(11-9-18)27-16-24(21-12-14-23(30)15-13-21)25(17-31)29(33-27)35-20(3)28(34)32-26-7-5-4-6-19(26)2/h4-16,20H,1-3H3,(H,32,34)/t20-/m1/s1. The van der Waals surface area contributed by atoms with Crippen molar-refractivity contribution in [1.82, 2.24) is 4.98 Å². The van der Waals surface area contributed by atoms with Crippen LogP contribution in [-0.2, 0) is 4.79 Å². The Balaban J connectivity index is 1.75. The third kappa shape index (κ3) is 5.74. The van der Waals surface area contributed by atoms with Crippen LogP contribution in [0.2, 0.25) is 5.02 Å². The van der Waals surface area contributed by atoms with Gasteiger partial charge in [0.2, 0.25) is 5.91 Å². The molecule has 4 nitrogen and oxygen atoms in total. The van der Waals surface area contributed by atoms with E-state index in [4.69, 9.17) is 16.6 Å². The maximum atomic E-state index is 13.0. The first kappa shape index (κ1) is 24.5. The van der Waals surface area contributed by atoms with Crippen LogP contribution < -0.4 is 5.32 Å². The van der Waals surface area contributed by atoms with Crippen LogP contribution in [-0.4, -0.2) is 16.1 Å². The molecule has 0 saturated heterocycles. The van der Waals surface area contributed by atoms with Gasteiger partial charge in [-0.2, -0.15) is 5.26 Å². The van der Waals surface area contributed by atoms with Crippen molar-refractivity contribution in [3.63, 3.8) is 0 Å². The minimum absolute atomic E-state index is 0.149. The monoisotopic (exact) mass is 497 g/mol. The number of halogens is 1. The number of aryl methyl sites for hydroxylation is 2. The number of carbonyl (C=O) groups is 1. The van der Waals surface area contributed by atoms with Gasteiger partial charge < -0.3 is 5.32 Å². The third-order valence-corrected chi connectivity index (χ3v) is 7.00. The van der Waals surface area contributed by atoms with Crippen molar-refractivity contribution in [2.75, 3.05) is 5.32 Å². The first-order chi connectivity index (χ1) is 16.9. The van der Waals surface area contributed by atoms with Crippen molar-refractivity contribution in [1.29, 1.82) is 5.26 Å². The zero-order chi connectivity index (χ0) is 24.9. The summed E-state index contributed by atoms with van der Waals surface area (Å²) >= 11 is 7.38. The molecule has 4 aromatic rings. The molecule has 1 aromatic heterocycles. The fraction of sp³-hybridized carbons (Fsp3) is 0.138. The van der Waals surface area contributed by atoms with Crippen LogP contribution in [0.25, 0.3) is 22.4 Å². The summed E-state index contributed by atoms with van der Waals surface area (Å²) in [5.74, 6) is -0.149. The summed E-state index contributed by atoms with van der Waals surface area (Å²) in [7, 11) is 0. The summed E-state index contributed by atoms with van der Waals surface area (Å²) in [6.07, 6.45) is 0. The molecule has 0 aliphatic rings. The lowest BCUT2D eigenvalue weighted by atomic mass is 9.99. The van der Waals surface area contributed by atoms with Crippen LogP contribution in [0.1, 0.15) is 23.6 Å². The van der Waals surface area contributed by atoms with E-state index in [0.29, 0.717) is 15.6 Å². The normalized spacial score (nSPS) is 11.5. The van der Waals surface area contributed by atoms with Gasteiger partial charge >= 0.3 is 0 Å². The molecule has 35 heavy (non-hydrogen) atoms. The van der Waals surface area contributed by atoms with E-state index < -0.39 is 5.25 Å². The Morgan fingerprint density at radius 3 is 2.31 bits per heavy atom. The number of thioether (sulfide) groups is 1. The lowest BCUT2D eigenvalue weighted by Crippen LogP contribution is -2.23. The minimum Gasteiger partial charge on any atom is -0.325 e. The van der Waals surface area contributed by atoms with Gasteiger partial charge in [0.15, 0.2) is 0 Å². The first-order valence-electron chi connectivity index (χ1n) is 11.2. The van der Waals surface area contributed by atoms with E-state index >= 15 is 0 Å². The third-order valence-electron chi connectivity index (χ3n) is 5.66. The predicted molar refractivity (Wildman–Crippen MR) is 145 cm³/mol. The second-order valence-corrected chi connectivity index (χ2v) is 10.1. The average Bonchev–Trinajstić information content (AvgIpc) is 2.86. The molecule has 1 atom stereocenters. The molecule has 0 aliphatic heterocycles. The lowest BCUT2D eigenvalue weighted by molar-refractivity contribution is -0.115. The molecule has 0 radical (unpaired) electrons. The van der Waals surface area contributed by atoms with Crippen molar-refractivity contribution in [3.05, 3.63) is 101 Å². The largest absolute Gasteiger partial charge is 0.325 e. The van der Waals surface area contributed by atoms with Crippen LogP contribution in [0.5, 0.6) is 0 Å². The van der Waals surface area contributed by atoms with E-state index in [-0.39, 0.29) is 5.91 Å². The number of amides is 1. The van der Waals surface area contributed by atoms with Gasteiger partial charge in [-0.1, -0.05) is 83.5 Å². The van der Waals surface area contributed by atoms with Gasteiger partial charge in [0.25, 0.3) is 0 Å². The number of pyridine rings is 1. The summed E-state index contributed by atoms with van der Waals surface area (Å²) in [4.78, 5) is 17.8. The van der Waals surface area contributed by atoms with Crippen LogP contribution in [0.4, 0.5) is 5.69 Å². The van der Waals surface area contributed by atoms with Gasteiger partial charge in [0.05, 0.1) is 16.5 Å². The zero-order valence-corrected chi connectivity index (χ0v) is 21.2. The van der Waals surface area contributed by atoms with E-state index in [1.54, 1.807) is 12.1 Å². The molecule has 0 aliphatic carbocycles. The van der Waals surface area contributed by atoms with Crippen LogP contribution in [0, 0.1) is 25.2 Å². The fourth-order valence-corrected chi connectivity index (χ4v) is 4.66. The number of nitrogens with one attached hydrogen (secondary N) is 1. The van der Waals surface area contributed by atoms with E-state index in [9.17, 15) is 10.1 Å². The summed E-state index contributed by atoms with van der Waals surface area (Å²) < 4.78 is 0. The van der Waals surface area contributed by atoms with Gasteiger partial charge in [-0.3, -0.25) is 4.79 Å². The first-order valence-corrected chi connectivity index (χ1v) is 12.4. The Morgan fingerprint density at radius 1 is 1.00 bits per heavy atom. The molecule has 0 spiro atoms. The number of hydrogen-bond acceptors (Lipinski definition) is 4. The molecule has 1 N–H and O–H groups in total. The minimum atomic E-state index is -0.472. The molecule has 0 saturated carbocycles. The Bertz CT molecular complexity index is 1410. The quantitative estimate of drug-likeness (QED) is 0.277. The van der Waals surface area contributed by atoms with Gasteiger partial charge in [0.1, 0.15) is 11.1 Å². The number of rotatable bonds is 6. The zero-order valence-electron chi connectivity index (χ0n) is 19.7. The number of benzene rings is 3. The van der Waals surface area contributed by atoms with Gasteiger partial charge in [-0.25, -0.2) is 4.98 Å². The number of carbonyl (C=O) groups excluding carboxylic acids is 1. The van der Waals surface area contributed by atoms with Crippen LogP contribution in [0.15, 0.2) is 83.9 Å². The molecule has 0 fully saturated rings. The summed E-state index contributed by atoms with van der Waals surface area (Å²) in [5, 5.41) is 13.8. The number of aromatic nitrogens is 1. The summed E-state index contributed by atoms with van der Waals surface area (Å²) in [5.41, 5.74) is 6.63. The van der Waals surface area contributed by atoms with Crippen molar-refractivity contribution in [2.45, 2.75) is 31.0 Å². The molecule has 6 heteroatoms. The maximum Gasteiger partial charge on any atom is 0.237 e. The van der Waals surface area contributed by atoms with Gasteiger partial charge in [0, 0.05) is 21.8 Å². The molecule has 1 heterocycles. The molecule has 3 aromatic carbocycles. The molecular weight excluding hydrogens is 474 g/mol. The average molecular weight is 498 g/mol. The van der Waals surface area contributed by atoms with Crippen LogP contribution >= 0.6 is 23.4 Å². The SMILES string of the molecule is Cc1ccc(-c2cc(-c3ccc(Cl)cc3)c(C#N)c(S[C@H](C)C(=O)Nc3ccccc3C)n2)cc1. The van der Waals surface area contributed by atoms with E-state index in [2.05, 4.69) is 11.4 Å². The Labute approximate surface area is 215 Å². The predicted octanol–water partition coefficient (Wildman–Crippen LogP) is 7.68. The molecule has 0 bridgehead atoms. The topological polar surface area (TPSA) is 65.8 Å². The second-order valence-electron chi connectivity index (χ2n) is 8.28. The molecule has 1 amide bonds. The maximum absolute atomic E-state index is 13.0. The highest BCUT2D eigenvalue weighted by atomic mass is 35.5. The van der Waals surface area contributed by atoms with E-state index in [1.165, 1.54) is 11.8 Å². The van der Waals surface area contributed by atoms with Crippen molar-refractivity contribution < 1.29 is 4.79 Å². The molecular formula is C29H24ClN3OS. The summed E-state index contributed by atoms with van der Waals surface area (Å²) in [6.45, 7) is 5.80. The van der Waals surface area contributed by atoms with Crippen molar-refractivity contribution in [3.8, 4) is 28.5 Å². The Morgan fingerprint density at radius 2 is 1.66 bits per heavy atom. The Kier molecular flexibility index (Phi) is 7.55. The highest BCUT2D eigenvalue weighted by Gasteiger charge is 2.22. The van der Waals surface area contributed by atoms with E-state index in [1.807, 2.05) is 87.5 Å². The number of para-hydroxylation sites is 1. The van der Waals surface area contributed by atoms with Gasteiger partial charge in [-0.15, -0.1) is 0 Å². The molecule has 0 unspecified atom stereocenters. The van der Waals surface area contributed by atoms with Gasteiger partial charge in [-0.05, 0) is 56.2 Å². The number of nitrogens with zero attached hydrogens (tertiary/aromatic N) is 2. The second kappa shape index (κ2) is 10.8. The highest BCUT2D eigenvalue weighted by Crippen LogP contribution is 2.36. The van der Waals surface area contributed by atoms with Crippen LogP contribution in [0.3, 0.4) is 0 Å².